The minimum absolute atomic E-state index is 0.203. The van der Waals surface area contributed by atoms with E-state index >= 15 is 0 Å². The molecule has 8 heteroatoms. The summed E-state index contributed by atoms with van der Waals surface area (Å²) < 4.78 is 21.7. The van der Waals surface area contributed by atoms with Gasteiger partial charge in [0.15, 0.2) is 0 Å². The van der Waals surface area contributed by atoms with Crippen LogP contribution >= 0.6 is 0 Å². The predicted molar refractivity (Wildman–Crippen MR) is 131 cm³/mol. The fourth-order valence-electron chi connectivity index (χ4n) is 3.43. The lowest BCUT2D eigenvalue weighted by molar-refractivity contribution is 0.0950. The molecule has 1 amide bonds. The van der Waals surface area contributed by atoms with Gasteiger partial charge in [-0.2, -0.15) is 0 Å². The van der Waals surface area contributed by atoms with Crippen molar-refractivity contribution in [2.45, 2.75) is 6.54 Å². The van der Waals surface area contributed by atoms with E-state index in [2.05, 4.69) is 15.3 Å². The zero-order valence-corrected chi connectivity index (χ0v) is 19.6. The van der Waals surface area contributed by atoms with Crippen molar-refractivity contribution >= 4 is 5.91 Å². The molecule has 1 aromatic heterocycles. The van der Waals surface area contributed by atoms with Gasteiger partial charge in [0.05, 0.1) is 27.0 Å². The molecule has 0 aliphatic carbocycles. The first-order valence-corrected chi connectivity index (χ1v) is 10.8. The molecule has 0 unspecified atom stereocenters. The number of nitrogens with zero attached hydrogens (tertiary/aromatic N) is 2. The van der Waals surface area contributed by atoms with E-state index in [-0.39, 0.29) is 5.91 Å². The Hall–Kier alpha value is -4.59. The van der Waals surface area contributed by atoms with E-state index in [4.69, 9.17) is 18.9 Å². The molecule has 0 atom stereocenters. The summed E-state index contributed by atoms with van der Waals surface area (Å²) in [6, 6.07) is 21.6. The van der Waals surface area contributed by atoms with E-state index in [0.29, 0.717) is 46.7 Å². The molecule has 3 aromatic carbocycles. The SMILES string of the molecule is COc1cccc(Oc2cc(-c3ccc(C(=O)NCc4cc(OC)ccc4OC)cc3)ncn2)c1. The maximum Gasteiger partial charge on any atom is 0.251 e. The van der Waals surface area contributed by atoms with E-state index < -0.39 is 0 Å². The molecule has 4 aromatic rings. The number of nitrogens with one attached hydrogen (secondary N) is 1. The lowest BCUT2D eigenvalue weighted by Gasteiger charge is -2.12. The summed E-state index contributed by atoms with van der Waals surface area (Å²) in [5, 5.41) is 2.92. The predicted octanol–water partition coefficient (Wildman–Crippen LogP) is 4.89. The Morgan fingerprint density at radius 3 is 2.29 bits per heavy atom. The van der Waals surface area contributed by atoms with Crippen molar-refractivity contribution in [3.8, 4) is 40.1 Å². The van der Waals surface area contributed by atoms with Crippen LogP contribution in [-0.4, -0.2) is 37.2 Å². The second-order valence-corrected chi connectivity index (χ2v) is 7.46. The number of rotatable bonds is 9. The number of benzene rings is 3. The van der Waals surface area contributed by atoms with Crippen molar-refractivity contribution in [3.05, 3.63) is 90.3 Å². The third kappa shape index (κ3) is 5.86. The van der Waals surface area contributed by atoms with Crippen LogP contribution in [0.4, 0.5) is 0 Å². The second kappa shape index (κ2) is 11.0. The molecule has 8 nitrogen and oxygen atoms in total. The quantitative estimate of drug-likeness (QED) is 0.372. The third-order valence-electron chi connectivity index (χ3n) is 5.28. The van der Waals surface area contributed by atoms with Gasteiger partial charge in [0.2, 0.25) is 5.88 Å². The van der Waals surface area contributed by atoms with Crippen LogP contribution < -0.4 is 24.3 Å². The lowest BCUT2D eigenvalue weighted by atomic mass is 10.1. The second-order valence-electron chi connectivity index (χ2n) is 7.46. The van der Waals surface area contributed by atoms with Crippen molar-refractivity contribution in [2.24, 2.45) is 0 Å². The molecule has 0 saturated carbocycles. The number of methoxy groups -OCH3 is 3. The molecular weight excluding hydrogens is 446 g/mol. The first-order chi connectivity index (χ1) is 17.1. The molecule has 0 saturated heterocycles. The van der Waals surface area contributed by atoms with Crippen molar-refractivity contribution in [3.63, 3.8) is 0 Å². The zero-order chi connectivity index (χ0) is 24.6. The van der Waals surface area contributed by atoms with Gasteiger partial charge < -0.3 is 24.3 Å². The van der Waals surface area contributed by atoms with Crippen LogP contribution in [-0.2, 0) is 6.54 Å². The maximum atomic E-state index is 12.7. The molecule has 0 aliphatic rings. The summed E-state index contributed by atoms with van der Waals surface area (Å²) >= 11 is 0. The Bertz CT molecular complexity index is 1310. The van der Waals surface area contributed by atoms with Crippen LogP contribution in [0.2, 0.25) is 0 Å². The van der Waals surface area contributed by atoms with Crippen LogP contribution in [0.25, 0.3) is 11.3 Å². The number of ether oxygens (including phenoxy) is 4. The summed E-state index contributed by atoms with van der Waals surface area (Å²) in [7, 11) is 4.78. The van der Waals surface area contributed by atoms with Gasteiger partial charge in [-0.15, -0.1) is 0 Å². The van der Waals surface area contributed by atoms with E-state index in [9.17, 15) is 4.79 Å². The topological polar surface area (TPSA) is 91.8 Å². The fourth-order valence-corrected chi connectivity index (χ4v) is 3.43. The van der Waals surface area contributed by atoms with E-state index in [1.54, 1.807) is 45.6 Å². The molecule has 1 N–H and O–H groups in total. The summed E-state index contributed by atoms with van der Waals surface area (Å²) in [4.78, 5) is 21.2. The van der Waals surface area contributed by atoms with Crippen LogP contribution in [0, 0.1) is 0 Å². The minimum Gasteiger partial charge on any atom is -0.497 e. The fraction of sp³-hybridized carbons (Fsp3) is 0.148. The maximum absolute atomic E-state index is 12.7. The Morgan fingerprint density at radius 1 is 0.800 bits per heavy atom. The molecule has 0 spiro atoms. The Morgan fingerprint density at radius 2 is 1.54 bits per heavy atom. The van der Waals surface area contributed by atoms with Gasteiger partial charge in [0, 0.05) is 35.4 Å². The van der Waals surface area contributed by atoms with Gasteiger partial charge in [-0.05, 0) is 42.5 Å². The number of hydrogen-bond donors (Lipinski definition) is 1. The van der Waals surface area contributed by atoms with Crippen molar-refractivity contribution in [1.82, 2.24) is 15.3 Å². The molecule has 0 aliphatic heterocycles. The van der Waals surface area contributed by atoms with Crippen molar-refractivity contribution in [1.29, 1.82) is 0 Å². The van der Waals surface area contributed by atoms with E-state index in [1.165, 1.54) is 6.33 Å². The number of carbonyl (C=O) groups excluding carboxylic acids is 1. The molecule has 0 radical (unpaired) electrons. The average molecular weight is 472 g/mol. The van der Waals surface area contributed by atoms with Gasteiger partial charge in [-0.1, -0.05) is 18.2 Å². The molecule has 35 heavy (non-hydrogen) atoms. The Balaban J connectivity index is 1.43. The van der Waals surface area contributed by atoms with E-state index in [0.717, 1.165) is 11.1 Å². The molecule has 0 fully saturated rings. The minimum atomic E-state index is -0.203. The van der Waals surface area contributed by atoms with Gasteiger partial charge >= 0.3 is 0 Å². The van der Waals surface area contributed by atoms with Crippen molar-refractivity contribution < 1.29 is 23.7 Å². The summed E-state index contributed by atoms with van der Waals surface area (Å²) in [5.41, 5.74) is 2.85. The molecule has 178 valence electrons. The number of carbonyl (C=O) groups is 1. The Labute approximate surface area is 203 Å². The lowest BCUT2D eigenvalue weighted by Crippen LogP contribution is -2.23. The van der Waals surface area contributed by atoms with Gasteiger partial charge in [0.25, 0.3) is 5.91 Å². The monoisotopic (exact) mass is 471 g/mol. The Kier molecular flexibility index (Phi) is 7.42. The largest absolute Gasteiger partial charge is 0.497 e. The number of amides is 1. The first-order valence-electron chi connectivity index (χ1n) is 10.8. The van der Waals surface area contributed by atoms with Crippen LogP contribution in [0.1, 0.15) is 15.9 Å². The highest BCUT2D eigenvalue weighted by atomic mass is 16.5. The highest BCUT2D eigenvalue weighted by Crippen LogP contribution is 2.27. The summed E-state index contributed by atoms with van der Waals surface area (Å²) in [5.74, 6) is 2.86. The highest BCUT2D eigenvalue weighted by Gasteiger charge is 2.11. The first kappa shape index (κ1) is 23.6. The van der Waals surface area contributed by atoms with E-state index in [1.807, 2.05) is 48.5 Å². The zero-order valence-electron chi connectivity index (χ0n) is 19.6. The standard InChI is InChI=1S/C27H25N3O5/c1-32-21-5-4-6-23(14-21)35-26-15-24(29-17-30-26)18-7-9-19(10-8-18)27(31)28-16-20-13-22(33-2)11-12-25(20)34-3/h4-15,17H,16H2,1-3H3,(H,28,31). The number of hydrogen-bond acceptors (Lipinski definition) is 7. The molecular formula is C27H25N3O5. The summed E-state index contributed by atoms with van der Waals surface area (Å²) in [6.07, 6.45) is 1.44. The van der Waals surface area contributed by atoms with Crippen LogP contribution in [0.15, 0.2) is 79.1 Å². The molecule has 4 rings (SSSR count). The number of aromatic nitrogens is 2. The van der Waals surface area contributed by atoms with Gasteiger partial charge in [0.1, 0.15) is 29.3 Å². The average Bonchev–Trinajstić information content (AvgIpc) is 2.91. The molecule has 0 bridgehead atoms. The van der Waals surface area contributed by atoms with Crippen molar-refractivity contribution in [2.75, 3.05) is 21.3 Å². The summed E-state index contributed by atoms with van der Waals surface area (Å²) in [6.45, 7) is 0.303. The van der Waals surface area contributed by atoms with Crippen LogP contribution in [0.3, 0.4) is 0 Å². The highest BCUT2D eigenvalue weighted by molar-refractivity contribution is 5.94. The molecule has 1 heterocycles. The van der Waals surface area contributed by atoms with Crippen LogP contribution in [0.5, 0.6) is 28.9 Å². The van der Waals surface area contributed by atoms with Gasteiger partial charge in [-0.3, -0.25) is 4.79 Å². The third-order valence-corrected chi connectivity index (χ3v) is 5.28. The van der Waals surface area contributed by atoms with Gasteiger partial charge in [-0.25, -0.2) is 9.97 Å². The smallest absolute Gasteiger partial charge is 0.251 e. The normalized spacial score (nSPS) is 10.4.